The fourth-order valence-electron chi connectivity index (χ4n) is 4.81. The van der Waals surface area contributed by atoms with E-state index in [0.29, 0.717) is 11.7 Å². The number of anilines is 2. The van der Waals surface area contributed by atoms with Gasteiger partial charge in [-0.05, 0) is 46.5 Å². The van der Waals surface area contributed by atoms with Gasteiger partial charge in [-0.2, -0.15) is 0 Å². The van der Waals surface area contributed by atoms with E-state index in [4.69, 9.17) is 10.5 Å². The Morgan fingerprint density at radius 3 is 1.82 bits per heavy atom. The SMILES string of the molecule is CC(C)(C)OC(=O)NC1CCN(c2ncnc3nc[nH]c23)CC1.NC1CCN(c2ncnc3nc[nH]c23)CC1. The number of imidazole rings is 2. The number of piperidine rings is 2. The molecule has 0 bridgehead atoms. The predicted molar refractivity (Wildman–Crippen MR) is 147 cm³/mol. The van der Waals surface area contributed by atoms with E-state index in [2.05, 4.69) is 55.0 Å². The Bertz CT molecular complexity index is 1380. The maximum absolute atomic E-state index is 11.8. The second-order valence-electron chi connectivity index (χ2n) is 10.8. The summed E-state index contributed by atoms with van der Waals surface area (Å²) >= 11 is 0. The number of aromatic nitrogens is 8. The van der Waals surface area contributed by atoms with Crippen LogP contribution in [-0.2, 0) is 4.74 Å². The fourth-order valence-corrected chi connectivity index (χ4v) is 4.81. The van der Waals surface area contributed by atoms with Crippen LogP contribution in [0.25, 0.3) is 22.3 Å². The first-order valence-corrected chi connectivity index (χ1v) is 13.3. The lowest BCUT2D eigenvalue weighted by atomic mass is 10.1. The van der Waals surface area contributed by atoms with Crippen LogP contribution in [0.4, 0.5) is 16.4 Å². The summed E-state index contributed by atoms with van der Waals surface area (Å²) in [7, 11) is 0. The lowest BCUT2D eigenvalue weighted by Gasteiger charge is -2.33. The number of nitrogens with two attached hydrogens (primary N) is 1. The molecular formula is C25H36N12O2. The first kappa shape index (κ1) is 26.5. The van der Waals surface area contributed by atoms with Crippen LogP contribution in [0.15, 0.2) is 25.3 Å². The molecule has 208 valence electrons. The molecule has 0 saturated carbocycles. The number of amides is 1. The Morgan fingerprint density at radius 1 is 0.846 bits per heavy atom. The van der Waals surface area contributed by atoms with Crippen LogP contribution in [0.3, 0.4) is 0 Å². The number of nitrogens with zero attached hydrogens (tertiary/aromatic N) is 8. The lowest BCUT2D eigenvalue weighted by Crippen LogP contribution is -2.46. The number of fused-ring (bicyclic) bond motifs is 2. The first-order valence-electron chi connectivity index (χ1n) is 13.3. The van der Waals surface area contributed by atoms with E-state index in [-0.39, 0.29) is 12.1 Å². The highest BCUT2D eigenvalue weighted by molar-refractivity contribution is 5.83. The normalized spacial score (nSPS) is 17.2. The molecule has 14 nitrogen and oxygen atoms in total. The third-order valence-electron chi connectivity index (χ3n) is 6.76. The van der Waals surface area contributed by atoms with Crippen molar-refractivity contribution in [2.75, 3.05) is 36.0 Å². The molecule has 0 aliphatic carbocycles. The van der Waals surface area contributed by atoms with E-state index in [9.17, 15) is 4.79 Å². The molecule has 4 aromatic rings. The quantitative estimate of drug-likeness (QED) is 0.301. The van der Waals surface area contributed by atoms with Gasteiger partial charge in [0, 0.05) is 38.3 Å². The van der Waals surface area contributed by atoms with Crippen LogP contribution in [0.2, 0.25) is 0 Å². The van der Waals surface area contributed by atoms with Gasteiger partial charge in [0.2, 0.25) is 0 Å². The summed E-state index contributed by atoms with van der Waals surface area (Å²) in [6.45, 7) is 9.11. The van der Waals surface area contributed by atoms with Crippen molar-refractivity contribution >= 4 is 40.1 Å². The van der Waals surface area contributed by atoms with E-state index in [0.717, 1.165) is 80.2 Å². The van der Waals surface area contributed by atoms with Gasteiger partial charge in [0.05, 0.1) is 12.7 Å². The summed E-state index contributed by atoms with van der Waals surface area (Å²) in [4.78, 5) is 47.7. The number of nitrogens with one attached hydrogen (secondary N) is 3. The van der Waals surface area contributed by atoms with E-state index < -0.39 is 5.60 Å². The summed E-state index contributed by atoms with van der Waals surface area (Å²) in [6.07, 6.45) is 9.74. The summed E-state index contributed by atoms with van der Waals surface area (Å²) in [6, 6.07) is 0.454. The largest absolute Gasteiger partial charge is 0.444 e. The van der Waals surface area contributed by atoms with Gasteiger partial charge >= 0.3 is 6.09 Å². The number of carbonyl (C=O) groups excluding carboxylic acids is 1. The van der Waals surface area contributed by atoms with E-state index in [1.54, 1.807) is 19.0 Å². The Hall–Kier alpha value is -4.07. The molecule has 0 unspecified atom stereocenters. The van der Waals surface area contributed by atoms with Gasteiger partial charge in [0.15, 0.2) is 22.9 Å². The Kier molecular flexibility index (Phi) is 7.72. The molecule has 0 spiro atoms. The second-order valence-corrected chi connectivity index (χ2v) is 10.8. The summed E-state index contributed by atoms with van der Waals surface area (Å²) in [5.41, 5.74) is 8.57. The Morgan fingerprint density at radius 2 is 1.33 bits per heavy atom. The van der Waals surface area contributed by atoms with Crippen LogP contribution in [0, 0.1) is 0 Å². The van der Waals surface area contributed by atoms with Crippen molar-refractivity contribution in [2.45, 2.75) is 64.1 Å². The molecule has 1 amide bonds. The standard InChI is InChI=1S/C15H22N6O2.C10H14N6/c1-15(2,3)23-14(22)20-10-4-6-21(7-5-10)13-11-12(17-8-16-11)18-9-19-13;11-7-1-3-16(4-2-7)10-8-9(13-5-12-8)14-6-15-10/h8-10H,4-7H2,1-3H3,(H,20,22)(H,16,17,18,19);5-7H,1-4,11H2,(H,12,13,14,15). The molecule has 2 aliphatic rings. The van der Waals surface area contributed by atoms with Gasteiger partial charge in [-0.15, -0.1) is 0 Å². The molecule has 6 heterocycles. The zero-order valence-corrected chi connectivity index (χ0v) is 22.6. The summed E-state index contributed by atoms with van der Waals surface area (Å²) < 4.78 is 5.30. The molecule has 4 aromatic heterocycles. The van der Waals surface area contributed by atoms with Crippen molar-refractivity contribution in [2.24, 2.45) is 5.73 Å². The number of aromatic amines is 2. The molecule has 0 radical (unpaired) electrons. The van der Waals surface area contributed by atoms with E-state index in [1.807, 2.05) is 20.8 Å². The highest BCUT2D eigenvalue weighted by Crippen LogP contribution is 2.24. The van der Waals surface area contributed by atoms with Crippen LogP contribution < -0.4 is 20.9 Å². The van der Waals surface area contributed by atoms with Crippen molar-refractivity contribution < 1.29 is 9.53 Å². The average Bonchev–Trinajstić information content (AvgIpc) is 3.58. The molecular weight excluding hydrogens is 500 g/mol. The minimum absolute atomic E-state index is 0.125. The Labute approximate surface area is 226 Å². The van der Waals surface area contributed by atoms with Crippen LogP contribution in [-0.4, -0.2) is 89.8 Å². The highest BCUT2D eigenvalue weighted by atomic mass is 16.6. The van der Waals surface area contributed by atoms with Crippen LogP contribution >= 0.6 is 0 Å². The molecule has 6 rings (SSSR count). The minimum Gasteiger partial charge on any atom is -0.444 e. The maximum atomic E-state index is 11.8. The number of rotatable bonds is 3. The van der Waals surface area contributed by atoms with Gasteiger partial charge < -0.3 is 35.6 Å². The van der Waals surface area contributed by atoms with Gasteiger partial charge in [0.1, 0.15) is 29.3 Å². The van der Waals surface area contributed by atoms with Gasteiger partial charge in [-0.25, -0.2) is 34.7 Å². The summed E-state index contributed by atoms with van der Waals surface area (Å²) in [5, 5.41) is 2.94. The number of hydrogen-bond acceptors (Lipinski definition) is 11. The molecule has 5 N–H and O–H groups in total. The fraction of sp³-hybridized carbons (Fsp3) is 0.560. The van der Waals surface area contributed by atoms with Crippen molar-refractivity contribution in [1.29, 1.82) is 0 Å². The van der Waals surface area contributed by atoms with E-state index >= 15 is 0 Å². The minimum atomic E-state index is -0.474. The monoisotopic (exact) mass is 536 g/mol. The highest BCUT2D eigenvalue weighted by Gasteiger charge is 2.25. The van der Waals surface area contributed by atoms with Crippen molar-refractivity contribution in [3.05, 3.63) is 25.3 Å². The molecule has 0 aromatic carbocycles. The molecule has 0 atom stereocenters. The van der Waals surface area contributed by atoms with Gasteiger partial charge in [-0.1, -0.05) is 0 Å². The Balaban J connectivity index is 0.000000168. The molecule has 14 heteroatoms. The smallest absolute Gasteiger partial charge is 0.407 e. The summed E-state index contributed by atoms with van der Waals surface area (Å²) in [5.74, 6) is 1.80. The zero-order valence-electron chi connectivity index (χ0n) is 22.6. The van der Waals surface area contributed by atoms with Crippen molar-refractivity contribution in [3.8, 4) is 0 Å². The predicted octanol–water partition coefficient (Wildman–Crippen LogP) is 2.13. The van der Waals surface area contributed by atoms with Crippen molar-refractivity contribution in [1.82, 2.24) is 45.2 Å². The molecule has 39 heavy (non-hydrogen) atoms. The van der Waals surface area contributed by atoms with Gasteiger partial charge in [-0.3, -0.25) is 0 Å². The van der Waals surface area contributed by atoms with Crippen LogP contribution in [0.1, 0.15) is 46.5 Å². The topological polar surface area (TPSA) is 180 Å². The number of ether oxygens (including phenoxy) is 1. The number of alkyl carbamates (subject to hydrolysis) is 1. The van der Waals surface area contributed by atoms with E-state index in [1.165, 1.54) is 6.33 Å². The zero-order chi connectivity index (χ0) is 27.4. The van der Waals surface area contributed by atoms with Crippen molar-refractivity contribution in [3.63, 3.8) is 0 Å². The number of hydrogen-bond donors (Lipinski definition) is 4. The third kappa shape index (κ3) is 6.50. The molecule has 2 fully saturated rings. The molecule has 2 saturated heterocycles. The maximum Gasteiger partial charge on any atom is 0.407 e. The number of H-pyrrole nitrogens is 2. The average molecular weight is 537 g/mol. The first-order chi connectivity index (χ1) is 18.8. The van der Waals surface area contributed by atoms with Crippen LogP contribution in [0.5, 0.6) is 0 Å². The number of carbonyl (C=O) groups is 1. The lowest BCUT2D eigenvalue weighted by molar-refractivity contribution is 0.0497. The second kappa shape index (κ2) is 11.4. The third-order valence-corrected chi connectivity index (χ3v) is 6.76. The van der Waals surface area contributed by atoms with Gasteiger partial charge in [0.25, 0.3) is 0 Å². The molecule has 2 aliphatic heterocycles.